The zero-order valence-corrected chi connectivity index (χ0v) is 12.1. The van der Waals surface area contributed by atoms with Gasteiger partial charge in [-0.25, -0.2) is 8.78 Å². The van der Waals surface area contributed by atoms with Gasteiger partial charge in [0.25, 0.3) is 5.91 Å². The maximum atomic E-state index is 13.2. The van der Waals surface area contributed by atoms with Crippen LogP contribution in [0.15, 0.2) is 48.5 Å². The first kappa shape index (κ1) is 15.1. The summed E-state index contributed by atoms with van der Waals surface area (Å²) >= 11 is 0. The molecule has 0 aromatic heterocycles. The highest BCUT2D eigenvalue weighted by molar-refractivity contribution is 6.03. The van der Waals surface area contributed by atoms with Gasteiger partial charge in [0.1, 0.15) is 6.04 Å². The molecule has 1 saturated heterocycles. The lowest BCUT2D eigenvalue weighted by Gasteiger charge is -2.17. The van der Waals surface area contributed by atoms with Gasteiger partial charge in [0.15, 0.2) is 11.6 Å². The van der Waals surface area contributed by atoms with Crippen molar-refractivity contribution < 1.29 is 18.4 Å². The van der Waals surface area contributed by atoms with Gasteiger partial charge in [-0.15, -0.1) is 0 Å². The molecule has 118 valence electrons. The smallest absolute Gasteiger partial charge is 0.252 e. The Morgan fingerprint density at radius 1 is 1.09 bits per heavy atom. The minimum Gasteiger partial charge on any atom is -0.340 e. The molecule has 0 spiro atoms. The molecular weight excluding hydrogens is 302 g/mol. The second-order valence-electron chi connectivity index (χ2n) is 5.27. The van der Waals surface area contributed by atoms with Gasteiger partial charge in [0.05, 0.1) is 0 Å². The summed E-state index contributed by atoms with van der Waals surface area (Å²) in [4.78, 5) is 26.0. The number of hydrogen-bond donors (Lipinski definition) is 1. The van der Waals surface area contributed by atoms with Crippen LogP contribution in [0.3, 0.4) is 0 Å². The Bertz CT molecular complexity index is 750. The first-order chi connectivity index (χ1) is 11.1. The lowest BCUT2D eigenvalue weighted by Crippen LogP contribution is -2.41. The van der Waals surface area contributed by atoms with E-state index >= 15 is 0 Å². The number of carbonyl (C=O) groups is 2. The Morgan fingerprint density at radius 2 is 1.83 bits per heavy atom. The highest BCUT2D eigenvalue weighted by Gasteiger charge is 2.33. The molecule has 6 heteroatoms. The number of hydrogen-bond acceptors (Lipinski definition) is 2. The van der Waals surface area contributed by atoms with Gasteiger partial charge >= 0.3 is 0 Å². The van der Waals surface area contributed by atoms with E-state index in [0.29, 0.717) is 13.0 Å². The normalized spacial score (nSPS) is 17.4. The van der Waals surface area contributed by atoms with Crippen molar-refractivity contribution in [2.45, 2.75) is 12.5 Å². The lowest BCUT2D eigenvalue weighted by molar-refractivity contribution is -0.118. The summed E-state index contributed by atoms with van der Waals surface area (Å²) in [5, 5.41) is 2.57. The molecule has 23 heavy (non-hydrogen) atoms. The van der Waals surface area contributed by atoms with Crippen LogP contribution in [0.1, 0.15) is 16.8 Å². The minimum atomic E-state index is -1.10. The largest absolute Gasteiger partial charge is 0.340 e. The van der Waals surface area contributed by atoms with Crippen molar-refractivity contribution in [2.24, 2.45) is 0 Å². The molecule has 2 amide bonds. The number of benzene rings is 2. The zero-order chi connectivity index (χ0) is 16.4. The van der Waals surface area contributed by atoms with Crippen molar-refractivity contribution in [3.63, 3.8) is 0 Å². The van der Waals surface area contributed by atoms with Crippen LogP contribution >= 0.6 is 0 Å². The number of halogens is 2. The molecule has 3 rings (SSSR count). The molecule has 1 aliphatic rings. The van der Waals surface area contributed by atoms with Gasteiger partial charge in [-0.1, -0.05) is 18.2 Å². The third kappa shape index (κ3) is 3.06. The number of amides is 2. The average molecular weight is 316 g/mol. The zero-order valence-electron chi connectivity index (χ0n) is 12.1. The van der Waals surface area contributed by atoms with E-state index in [0.717, 1.165) is 17.8 Å². The van der Waals surface area contributed by atoms with Crippen LogP contribution in [0, 0.1) is 11.6 Å². The van der Waals surface area contributed by atoms with Gasteiger partial charge in [-0.3, -0.25) is 9.59 Å². The molecule has 1 aliphatic heterocycles. The average Bonchev–Trinajstić information content (AvgIpc) is 2.92. The molecule has 0 unspecified atom stereocenters. The van der Waals surface area contributed by atoms with Gasteiger partial charge in [0, 0.05) is 17.8 Å². The molecule has 2 aromatic carbocycles. The number of carbonyl (C=O) groups excluding carboxylic acids is 2. The predicted octanol–water partition coefficient (Wildman–Crippen LogP) is 2.50. The fourth-order valence-corrected chi connectivity index (χ4v) is 2.56. The topological polar surface area (TPSA) is 49.4 Å². The molecule has 2 aromatic rings. The van der Waals surface area contributed by atoms with E-state index in [4.69, 9.17) is 0 Å². The molecule has 1 N–H and O–H groups in total. The van der Waals surface area contributed by atoms with Crippen LogP contribution in [0.2, 0.25) is 0 Å². The van der Waals surface area contributed by atoms with Crippen LogP contribution in [0.5, 0.6) is 0 Å². The van der Waals surface area contributed by atoms with E-state index in [1.165, 1.54) is 6.07 Å². The Morgan fingerprint density at radius 3 is 2.52 bits per heavy atom. The SMILES string of the molecule is O=C(N[C@H]1CCN(c2ccccc2)C1=O)c1ccc(F)c(F)c1. The molecule has 0 bridgehead atoms. The van der Waals surface area contributed by atoms with E-state index in [-0.39, 0.29) is 11.5 Å². The molecule has 0 saturated carbocycles. The Labute approximate surface area is 131 Å². The lowest BCUT2D eigenvalue weighted by atomic mass is 10.1. The third-order valence-corrected chi connectivity index (χ3v) is 3.76. The summed E-state index contributed by atoms with van der Waals surface area (Å²) in [6.45, 7) is 0.492. The summed E-state index contributed by atoms with van der Waals surface area (Å²) < 4.78 is 26.1. The highest BCUT2D eigenvalue weighted by Crippen LogP contribution is 2.21. The molecule has 1 fully saturated rings. The van der Waals surface area contributed by atoms with Crippen molar-refractivity contribution in [1.29, 1.82) is 0 Å². The second kappa shape index (κ2) is 6.16. The number of rotatable bonds is 3. The van der Waals surface area contributed by atoms with Crippen molar-refractivity contribution in [2.75, 3.05) is 11.4 Å². The van der Waals surface area contributed by atoms with Crippen molar-refractivity contribution in [1.82, 2.24) is 5.32 Å². The molecular formula is C17H14F2N2O2. The Kier molecular flexibility index (Phi) is 4.06. The maximum absolute atomic E-state index is 13.2. The minimum absolute atomic E-state index is 0.0186. The maximum Gasteiger partial charge on any atom is 0.252 e. The number of anilines is 1. The van der Waals surface area contributed by atoms with E-state index in [9.17, 15) is 18.4 Å². The first-order valence-electron chi connectivity index (χ1n) is 7.18. The summed E-state index contributed by atoms with van der Waals surface area (Å²) in [5.41, 5.74) is 0.747. The van der Waals surface area contributed by atoms with Crippen LogP contribution < -0.4 is 10.2 Å². The quantitative estimate of drug-likeness (QED) is 0.946. The number of nitrogens with zero attached hydrogens (tertiary/aromatic N) is 1. The summed E-state index contributed by atoms with van der Waals surface area (Å²) in [6.07, 6.45) is 0.461. The monoisotopic (exact) mass is 316 g/mol. The molecule has 4 nitrogen and oxygen atoms in total. The fraction of sp³-hybridized carbons (Fsp3) is 0.176. The summed E-state index contributed by atoms with van der Waals surface area (Å²) in [5.74, 6) is -2.93. The van der Waals surface area contributed by atoms with Gasteiger partial charge < -0.3 is 10.2 Å². The van der Waals surface area contributed by atoms with Gasteiger partial charge in [-0.2, -0.15) is 0 Å². The first-order valence-corrected chi connectivity index (χ1v) is 7.18. The van der Waals surface area contributed by atoms with Crippen LogP contribution in [0.25, 0.3) is 0 Å². The predicted molar refractivity (Wildman–Crippen MR) is 81.0 cm³/mol. The third-order valence-electron chi connectivity index (χ3n) is 3.76. The fourth-order valence-electron chi connectivity index (χ4n) is 2.56. The number of nitrogens with one attached hydrogen (secondary N) is 1. The molecule has 0 aliphatic carbocycles. The molecule has 1 heterocycles. The van der Waals surface area contributed by atoms with Crippen molar-refractivity contribution in [3.8, 4) is 0 Å². The molecule has 1 atom stereocenters. The van der Waals surface area contributed by atoms with E-state index < -0.39 is 23.6 Å². The van der Waals surface area contributed by atoms with E-state index in [1.807, 2.05) is 30.3 Å². The van der Waals surface area contributed by atoms with Crippen LogP contribution in [0.4, 0.5) is 14.5 Å². The summed E-state index contributed by atoms with van der Waals surface area (Å²) in [6, 6.07) is 11.4. The Balaban J connectivity index is 1.70. The van der Waals surface area contributed by atoms with Gasteiger partial charge in [-0.05, 0) is 36.8 Å². The molecule has 0 radical (unpaired) electrons. The number of para-hydroxylation sites is 1. The van der Waals surface area contributed by atoms with Crippen LogP contribution in [-0.2, 0) is 4.79 Å². The van der Waals surface area contributed by atoms with Gasteiger partial charge in [0.2, 0.25) is 5.91 Å². The van der Waals surface area contributed by atoms with Crippen molar-refractivity contribution >= 4 is 17.5 Å². The van der Waals surface area contributed by atoms with E-state index in [2.05, 4.69) is 5.32 Å². The van der Waals surface area contributed by atoms with Crippen molar-refractivity contribution in [3.05, 3.63) is 65.7 Å². The van der Waals surface area contributed by atoms with E-state index in [1.54, 1.807) is 4.90 Å². The standard InChI is InChI=1S/C17H14F2N2O2/c18-13-7-6-11(10-14(13)19)16(22)20-15-8-9-21(17(15)23)12-4-2-1-3-5-12/h1-7,10,15H,8-9H2,(H,20,22)/t15-/m0/s1. The van der Waals surface area contributed by atoms with Crippen LogP contribution in [-0.4, -0.2) is 24.4 Å². The second-order valence-corrected chi connectivity index (χ2v) is 5.27. The highest BCUT2D eigenvalue weighted by atomic mass is 19.2. The summed E-state index contributed by atoms with van der Waals surface area (Å²) in [7, 11) is 0. The Hall–Kier alpha value is -2.76.